The van der Waals surface area contributed by atoms with Crippen molar-refractivity contribution in [2.75, 3.05) is 5.75 Å². The van der Waals surface area contributed by atoms with Crippen LogP contribution in [0, 0.1) is 0 Å². The highest BCUT2D eigenvalue weighted by Crippen LogP contribution is 2.31. The normalized spacial score (nSPS) is 18.7. The van der Waals surface area contributed by atoms with Crippen LogP contribution in [0.25, 0.3) is 0 Å². The summed E-state index contributed by atoms with van der Waals surface area (Å²) in [7, 11) is 0. The number of nitrogens with one attached hydrogen (secondary N) is 1. The number of thioether (sulfide) groups is 1. The van der Waals surface area contributed by atoms with E-state index in [1.54, 1.807) is 11.8 Å². The minimum atomic E-state index is 0.260. The lowest BCUT2D eigenvalue weighted by molar-refractivity contribution is 0.754. The van der Waals surface area contributed by atoms with Crippen molar-refractivity contribution < 1.29 is 0 Å². The van der Waals surface area contributed by atoms with Gasteiger partial charge in [-0.15, -0.1) is 6.58 Å². The summed E-state index contributed by atoms with van der Waals surface area (Å²) in [5.41, 5.74) is 4.48. The summed E-state index contributed by atoms with van der Waals surface area (Å²) in [6, 6.07) is 10.3. The summed E-state index contributed by atoms with van der Waals surface area (Å²) in [5.74, 6) is 0.860. The molecule has 1 aliphatic heterocycles. The zero-order valence-corrected chi connectivity index (χ0v) is 9.85. The van der Waals surface area contributed by atoms with Gasteiger partial charge in [-0.25, -0.2) is 5.43 Å². The van der Waals surface area contributed by atoms with Crippen molar-refractivity contribution in [2.45, 2.75) is 6.17 Å². The number of thiocarbonyl (C=S) groups is 1. The van der Waals surface area contributed by atoms with Crippen LogP contribution < -0.4 is 5.43 Å². The topological polar surface area (TPSA) is 25.0 Å². The first-order valence-corrected chi connectivity index (χ1v) is 6.10. The Bertz CT molecular complexity index is 364. The van der Waals surface area contributed by atoms with E-state index in [1.807, 2.05) is 29.3 Å². The predicted molar refractivity (Wildman–Crippen MR) is 69.4 cm³/mol. The fourth-order valence-corrected chi connectivity index (χ4v) is 2.24. The van der Waals surface area contributed by atoms with Gasteiger partial charge < -0.3 is 0 Å². The van der Waals surface area contributed by atoms with Gasteiger partial charge in [0.2, 0.25) is 0 Å². The fraction of sp³-hybridized carbons (Fsp3) is 0.182. The summed E-state index contributed by atoms with van der Waals surface area (Å²) in [6.45, 7) is 3.67. The molecule has 0 radical (unpaired) electrons. The summed E-state index contributed by atoms with van der Waals surface area (Å²) >= 11 is 6.88. The summed E-state index contributed by atoms with van der Waals surface area (Å²) in [4.78, 5) is 0. The van der Waals surface area contributed by atoms with Crippen LogP contribution in [0.2, 0.25) is 0 Å². The van der Waals surface area contributed by atoms with E-state index in [4.69, 9.17) is 12.2 Å². The number of hydrogen-bond donors (Lipinski definition) is 1. The number of hydrazine groups is 1. The van der Waals surface area contributed by atoms with Crippen LogP contribution in [-0.4, -0.2) is 15.1 Å². The zero-order chi connectivity index (χ0) is 10.7. The van der Waals surface area contributed by atoms with Crippen molar-refractivity contribution in [3.63, 3.8) is 0 Å². The van der Waals surface area contributed by atoms with E-state index in [0.29, 0.717) is 0 Å². The number of hydrogen-bond acceptors (Lipinski definition) is 3. The molecule has 78 valence electrons. The molecule has 0 aromatic heterocycles. The van der Waals surface area contributed by atoms with Gasteiger partial charge in [-0.1, -0.05) is 60.4 Å². The number of nitrogens with zero attached hydrogens (tertiary/aromatic N) is 1. The summed E-state index contributed by atoms with van der Waals surface area (Å²) in [5, 5.41) is 2.00. The lowest BCUT2D eigenvalue weighted by atomic mass is 10.2. The Balaban J connectivity index is 1.91. The van der Waals surface area contributed by atoms with Crippen molar-refractivity contribution in [1.29, 1.82) is 0 Å². The zero-order valence-electron chi connectivity index (χ0n) is 8.22. The molecular formula is C11H12N2S2. The van der Waals surface area contributed by atoms with E-state index in [1.165, 1.54) is 5.56 Å². The molecule has 0 spiro atoms. The maximum absolute atomic E-state index is 5.26. The van der Waals surface area contributed by atoms with Gasteiger partial charge >= 0.3 is 0 Å². The maximum atomic E-state index is 5.26. The summed E-state index contributed by atoms with van der Waals surface area (Å²) < 4.78 is 0.878. The van der Waals surface area contributed by atoms with Gasteiger partial charge in [0, 0.05) is 5.75 Å². The highest BCUT2D eigenvalue weighted by Gasteiger charge is 2.36. The molecule has 1 N–H and O–H groups in total. The van der Waals surface area contributed by atoms with Crippen molar-refractivity contribution >= 4 is 28.3 Å². The van der Waals surface area contributed by atoms with Gasteiger partial charge in [-0.05, 0) is 5.56 Å². The molecule has 0 unspecified atom stereocenters. The fourth-order valence-electron chi connectivity index (χ4n) is 1.32. The largest absolute Gasteiger partial charge is 0.267 e. The Hall–Kier alpha value is -0.840. The molecule has 4 heteroatoms. The van der Waals surface area contributed by atoms with E-state index in [0.717, 1.165) is 10.1 Å². The molecule has 1 aliphatic rings. The Labute approximate surface area is 99.3 Å². The molecule has 2 rings (SSSR count). The molecule has 1 saturated heterocycles. The first-order chi connectivity index (χ1) is 7.33. The minimum absolute atomic E-state index is 0.260. The van der Waals surface area contributed by atoms with Crippen LogP contribution in [-0.2, 0) is 0 Å². The second-order valence-electron chi connectivity index (χ2n) is 3.18. The molecule has 0 amide bonds. The molecule has 1 atom stereocenters. The molecule has 1 aromatic carbocycles. The van der Waals surface area contributed by atoms with Gasteiger partial charge in [-0.2, -0.15) is 0 Å². The Morgan fingerprint density at radius 1 is 1.53 bits per heavy atom. The molecule has 2 nitrogen and oxygen atoms in total. The van der Waals surface area contributed by atoms with Crippen molar-refractivity contribution in [3.8, 4) is 0 Å². The van der Waals surface area contributed by atoms with E-state index in [2.05, 4.69) is 24.1 Å². The van der Waals surface area contributed by atoms with Gasteiger partial charge in [0.1, 0.15) is 6.17 Å². The average molecular weight is 236 g/mol. The molecular weight excluding hydrogens is 224 g/mol. The first kappa shape index (κ1) is 10.7. The van der Waals surface area contributed by atoms with E-state index in [-0.39, 0.29) is 6.17 Å². The lowest BCUT2D eigenvalue weighted by Gasteiger charge is -2.02. The van der Waals surface area contributed by atoms with Gasteiger partial charge in [0.05, 0.1) is 0 Å². The van der Waals surface area contributed by atoms with Crippen molar-refractivity contribution in [1.82, 2.24) is 10.4 Å². The van der Waals surface area contributed by atoms with Crippen LogP contribution in [0.3, 0.4) is 0 Å². The van der Waals surface area contributed by atoms with E-state index < -0.39 is 0 Å². The van der Waals surface area contributed by atoms with Gasteiger partial charge in [0.25, 0.3) is 0 Å². The van der Waals surface area contributed by atoms with Crippen LogP contribution >= 0.6 is 24.0 Å². The quantitative estimate of drug-likeness (QED) is 0.495. The number of rotatable bonds is 3. The highest BCUT2D eigenvalue weighted by molar-refractivity contribution is 8.23. The molecule has 1 fully saturated rings. The third-order valence-electron chi connectivity index (χ3n) is 2.09. The summed E-state index contributed by atoms with van der Waals surface area (Å²) in [6.07, 6.45) is 2.12. The highest BCUT2D eigenvalue weighted by atomic mass is 32.2. The van der Waals surface area contributed by atoms with Crippen LogP contribution in [0.5, 0.6) is 0 Å². The van der Waals surface area contributed by atoms with Crippen molar-refractivity contribution in [3.05, 3.63) is 48.6 Å². The standard InChI is InChI=1S/C11H12N2S2/c1-2-8-15-11(14)13-10(12-13)9-6-4-3-5-7-9/h2-7,10,12H,1,8H2/t10-,13?/m1/s1. The molecule has 1 heterocycles. The third-order valence-corrected chi connectivity index (χ3v) is 3.48. The molecule has 15 heavy (non-hydrogen) atoms. The van der Waals surface area contributed by atoms with E-state index >= 15 is 0 Å². The Morgan fingerprint density at radius 2 is 2.27 bits per heavy atom. The smallest absolute Gasteiger partial charge is 0.152 e. The van der Waals surface area contributed by atoms with E-state index in [9.17, 15) is 0 Å². The Kier molecular flexibility index (Phi) is 3.41. The molecule has 0 saturated carbocycles. The Morgan fingerprint density at radius 3 is 2.93 bits per heavy atom. The van der Waals surface area contributed by atoms with Crippen LogP contribution in [0.1, 0.15) is 11.7 Å². The van der Waals surface area contributed by atoms with Crippen molar-refractivity contribution in [2.24, 2.45) is 0 Å². The SMILES string of the molecule is C=CCSC(=S)N1N[C@H]1c1ccccc1. The minimum Gasteiger partial charge on any atom is -0.267 e. The van der Waals surface area contributed by atoms with Crippen LogP contribution in [0.15, 0.2) is 43.0 Å². The van der Waals surface area contributed by atoms with Gasteiger partial charge in [-0.3, -0.25) is 5.01 Å². The number of benzene rings is 1. The van der Waals surface area contributed by atoms with Gasteiger partial charge in [0.15, 0.2) is 4.32 Å². The predicted octanol–water partition coefficient (Wildman–Crippen LogP) is 2.71. The maximum Gasteiger partial charge on any atom is 0.152 e. The molecule has 0 bridgehead atoms. The average Bonchev–Trinajstić information content (AvgIpc) is 3.07. The third kappa shape index (κ3) is 2.59. The molecule has 0 aliphatic carbocycles. The molecule has 1 aromatic rings. The first-order valence-electron chi connectivity index (χ1n) is 4.71. The lowest BCUT2D eigenvalue weighted by Crippen LogP contribution is -2.06. The second kappa shape index (κ2) is 4.79. The van der Waals surface area contributed by atoms with Crippen LogP contribution in [0.4, 0.5) is 0 Å². The second-order valence-corrected chi connectivity index (χ2v) is 4.83. The monoisotopic (exact) mass is 236 g/mol.